The van der Waals surface area contributed by atoms with E-state index < -0.39 is 11.5 Å². The smallest absolute Gasteiger partial charge is 0.337 e. The second-order valence-corrected chi connectivity index (χ2v) is 7.48. The second kappa shape index (κ2) is 7.30. The number of aromatic amines is 1. The van der Waals surface area contributed by atoms with E-state index in [2.05, 4.69) is 15.3 Å². The van der Waals surface area contributed by atoms with Crippen molar-refractivity contribution in [1.29, 1.82) is 0 Å². The highest BCUT2D eigenvalue weighted by atomic mass is 32.2. The number of aromatic carboxylic acids is 1. The minimum Gasteiger partial charge on any atom is -0.478 e. The van der Waals surface area contributed by atoms with Gasteiger partial charge in [-0.15, -0.1) is 11.3 Å². The van der Waals surface area contributed by atoms with Gasteiger partial charge in [0, 0.05) is 11.1 Å². The zero-order valence-corrected chi connectivity index (χ0v) is 15.6. The number of hydrogen-bond acceptors (Lipinski definition) is 6. The molecule has 0 unspecified atom stereocenters. The Balaban J connectivity index is 1.73. The van der Waals surface area contributed by atoms with E-state index in [1.165, 1.54) is 5.38 Å². The summed E-state index contributed by atoms with van der Waals surface area (Å²) >= 11 is 2.17. The van der Waals surface area contributed by atoms with E-state index in [1.54, 1.807) is 0 Å². The highest BCUT2D eigenvalue weighted by Gasteiger charge is 2.17. The molecule has 0 atom stereocenters. The Labute approximate surface area is 156 Å². The molecule has 9 heteroatoms. The summed E-state index contributed by atoms with van der Waals surface area (Å²) in [7, 11) is 0. The Kier molecular flexibility index (Phi) is 5.10. The average Bonchev–Trinajstić information content (AvgIpc) is 3.01. The Hall–Kier alpha value is -2.65. The topological polar surface area (TPSA) is 112 Å². The van der Waals surface area contributed by atoms with Crippen LogP contribution < -0.4 is 10.9 Å². The Morgan fingerprint density at radius 1 is 1.35 bits per heavy atom. The van der Waals surface area contributed by atoms with Gasteiger partial charge < -0.3 is 15.4 Å². The van der Waals surface area contributed by atoms with Crippen LogP contribution in [0.25, 0.3) is 10.2 Å². The largest absolute Gasteiger partial charge is 0.478 e. The minimum atomic E-state index is -1.17. The number of nitrogens with one attached hydrogen (secondary N) is 2. The fourth-order valence-corrected chi connectivity index (χ4v) is 3.98. The van der Waals surface area contributed by atoms with Gasteiger partial charge in [-0.3, -0.25) is 9.59 Å². The number of rotatable bonds is 5. The number of aryl methyl sites for hydroxylation is 2. The van der Waals surface area contributed by atoms with Crippen LogP contribution >= 0.6 is 23.1 Å². The first kappa shape index (κ1) is 18.2. The van der Waals surface area contributed by atoms with E-state index in [4.69, 9.17) is 5.11 Å². The van der Waals surface area contributed by atoms with Crippen molar-refractivity contribution in [2.75, 3.05) is 11.1 Å². The molecule has 7 nitrogen and oxygen atoms in total. The summed E-state index contributed by atoms with van der Waals surface area (Å²) in [5.41, 5.74) is 2.16. The second-order valence-electron chi connectivity index (χ2n) is 5.66. The van der Waals surface area contributed by atoms with Gasteiger partial charge in [-0.05, 0) is 31.0 Å². The summed E-state index contributed by atoms with van der Waals surface area (Å²) in [6.45, 7) is 3.85. The molecule has 3 N–H and O–H groups in total. The molecule has 0 radical (unpaired) electrons. The van der Waals surface area contributed by atoms with Crippen molar-refractivity contribution in [2.45, 2.75) is 19.0 Å². The van der Waals surface area contributed by atoms with Gasteiger partial charge in [0.25, 0.3) is 5.56 Å². The number of carboxylic acid groups (broad SMARTS) is 1. The number of hydrogen-bond donors (Lipinski definition) is 3. The molecule has 0 aliphatic heterocycles. The molecular weight excluding hydrogens is 374 g/mol. The van der Waals surface area contributed by atoms with E-state index >= 15 is 0 Å². The lowest BCUT2D eigenvalue weighted by Gasteiger charge is -2.09. The zero-order valence-electron chi connectivity index (χ0n) is 14.0. The lowest BCUT2D eigenvalue weighted by atomic mass is 10.1. The maximum atomic E-state index is 12.2. The number of amides is 1. The number of carbonyl (C=O) groups is 2. The number of nitrogens with zero attached hydrogens (tertiary/aromatic N) is 1. The van der Waals surface area contributed by atoms with Crippen LogP contribution in [-0.2, 0) is 4.79 Å². The van der Waals surface area contributed by atoms with Crippen LogP contribution in [0.15, 0.2) is 33.5 Å². The molecule has 0 spiro atoms. The van der Waals surface area contributed by atoms with Crippen LogP contribution in [0.1, 0.15) is 21.5 Å². The van der Waals surface area contributed by atoms with Crippen molar-refractivity contribution >= 4 is 50.9 Å². The molecule has 2 aromatic heterocycles. The van der Waals surface area contributed by atoms with Crippen molar-refractivity contribution in [2.24, 2.45) is 0 Å². The summed E-state index contributed by atoms with van der Waals surface area (Å²) < 4.78 is 0. The number of aromatic nitrogens is 2. The molecule has 1 aromatic carbocycles. The predicted molar refractivity (Wildman–Crippen MR) is 102 cm³/mol. The number of carboxylic acids is 1. The molecule has 0 aliphatic carbocycles. The molecule has 0 saturated heterocycles. The van der Waals surface area contributed by atoms with Crippen molar-refractivity contribution in [1.82, 2.24) is 9.97 Å². The van der Waals surface area contributed by atoms with E-state index in [9.17, 15) is 14.4 Å². The van der Waals surface area contributed by atoms with Gasteiger partial charge >= 0.3 is 5.97 Å². The third kappa shape index (κ3) is 3.78. The third-order valence-electron chi connectivity index (χ3n) is 3.66. The van der Waals surface area contributed by atoms with Crippen molar-refractivity contribution in [3.8, 4) is 0 Å². The Bertz CT molecular complexity index is 1070. The van der Waals surface area contributed by atoms with Gasteiger partial charge in [-0.2, -0.15) is 0 Å². The average molecular weight is 389 g/mol. The van der Waals surface area contributed by atoms with Crippen molar-refractivity contribution < 1.29 is 14.7 Å². The SMILES string of the molecule is Cc1ccc(C)c(NC(=O)CSc2nc3scc(C(=O)O)c3c(=O)[nH]2)c1. The normalized spacial score (nSPS) is 10.8. The number of fused-ring (bicyclic) bond motifs is 1. The maximum absolute atomic E-state index is 12.2. The van der Waals surface area contributed by atoms with Crippen molar-refractivity contribution in [3.05, 3.63) is 50.6 Å². The first-order valence-corrected chi connectivity index (χ1v) is 9.46. The summed E-state index contributed by atoms with van der Waals surface area (Å²) in [5.74, 6) is -1.32. The van der Waals surface area contributed by atoms with Crippen LogP contribution in [0.5, 0.6) is 0 Å². The Morgan fingerprint density at radius 3 is 2.85 bits per heavy atom. The van der Waals surface area contributed by atoms with Crippen LogP contribution in [0.4, 0.5) is 5.69 Å². The van der Waals surface area contributed by atoms with Gasteiger partial charge in [0.2, 0.25) is 5.91 Å². The monoisotopic (exact) mass is 389 g/mol. The minimum absolute atomic E-state index is 0.0617. The fourth-order valence-electron chi connectivity index (χ4n) is 2.35. The van der Waals surface area contributed by atoms with Gasteiger partial charge in [0.1, 0.15) is 4.83 Å². The quantitative estimate of drug-likeness (QED) is 0.457. The van der Waals surface area contributed by atoms with Gasteiger partial charge in [-0.25, -0.2) is 9.78 Å². The molecule has 26 heavy (non-hydrogen) atoms. The Morgan fingerprint density at radius 2 is 2.12 bits per heavy atom. The van der Waals surface area contributed by atoms with Crippen LogP contribution in [0.2, 0.25) is 0 Å². The lowest BCUT2D eigenvalue weighted by molar-refractivity contribution is -0.113. The lowest BCUT2D eigenvalue weighted by Crippen LogP contribution is -2.16. The maximum Gasteiger partial charge on any atom is 0.337 e. The molecule has 3 aromatic rings. The third-order valence-corrected chi connectivity index (χ3v) is 5.41. The van der Waals surface area contributed by atoms with E-state index in [1.807, 2.05) is 32.0 Å². The molecular formula is C17H15N3O4S2. The fraction of sp³-hybridized carbons (Fsp3) is 0.176. The molecule has 134 valence electrons. The van der Waals surface area contributed by atoms with Gasteiger partial charge in [0.15, 0.2) is 5.16 Å². The number of thiophene rings is 1. The summed E-state index contributed by atoms with van der Waals surface area (Å²) in [4.78, 5) is 42.5. The number of thioether (sulfide) groups is 1. The number of anilines is 1. The molecule has 0 aliphatic rings. The van der Waals surface area contributed by atoms with E-state index in [0.29, 0.717) is 4.83 Å². The molecule has 0 saturated carbocycles. The number of carbonyl (C=O) groups excluding carboxylic acids is 1. The zero-order chi connectivity index (χ0) is 18.8. The molecule has 3 rings (SSSR count). The molecule has 1 amide bonds. The van der Waals surface area contributed by atoms with Crippen molar-refractivity contribution in [3.63, 3.8) is 0 Å². The van der Waals surface area contributed by atoms with Crippen LogP contribution in [0, 0.1) is 13.8 Å². The van der Waals surface area contributed by atoms with Gasteiger partial charge in [0.05, 0.1) is 16.7 Å². The van der Waals surface area contributed by atoms with Crippen LogP contribution in [0.3, 0.4) is 0 Å². The molecule has 0 fully saturated rings. The summed E-state index contributed by atoms with van der Waals surface area (Å²) in [5, 5.41) is 13.7. The number of benzene rings is 1. The molecule has 2 heterocycles. The van der Waals surface area contributed by atoms with E-state index in [-0.39, 0.29) is 27.8 Å². The molecule has 0 bridgehead atoms. The number of H-pyrrole nitrogens is 1. The standard InChI is InChI=1S/C17H15N3O4S2/c1-8-3-4-9(2)11(5-8)18-12(21)7-26-17-19-14(22)13-10(16(23)24)6-25-15(13)20-17/h3-6H,7H2,1-2H3,(H,18,21)(H,23,24)(H,19,20,22). The first-order chi connectivity index (χ1) is 12.3. The van der Waals surface area contributed by atoms with Gasteiger partial charge in [-0.1, -0.05) is 23.9 Å². The highest BCUT2D eigenvalue weighted by Crippen LogP contribution is 2.23. The summed E-state index contributed by atoms with van der Waals surface area (Å²) in [6.07, 6.45) is 0. The van der Waals surface area contributed by atoms with Crippen LogP contribution in [-0.4, -0.2) is 32.7 Å². The highest BCUT2D eigenvalue weighted by molar-refractivity contribution is 7.99. The first-order valence-electron chi connectivity index (χ1n) is 7.60. The predicted octanol–water partition coefficient (Wildman–Crippen LogP) is 3.03. The summed E-state index contributed by atoms with van der Waals surface area (Å²) in [6, 6.07) is 5.79. The van der Waals surface area contributed by atoms with E-state index in [0.717, 1.165) is 39.9 Å².